The number of hydrogen-bond donors (Lipinski definition) is 0. The molecule has 2 saturated heterocycles. The van der Waals surface area contributed by atoms with Gasteiger partial charge in [0, 0.05) is 49.7 Å². The van der Waals surface area contributed by atoms with Crippen LogP contribution in [0.15, 0.2) is 48.8 Å². The summed E-state index contributed by atoms with van der Waals surface area (Å²) in [6.45, 7) is 3.78. The molecule has 4 heterocycles. The first-order chi connectivity index (χ1) is 12.2. The lowest BCUT2D eigenvalue weighted by Gasteiger charge is -2.41. The predicted octanol–water partition coefficient (Wildman–Crippen LogP) is 2.54. The van der Waals surface area contributed by atoms with Crippen LogP contribution in [0.2, 0.25) is 0 Å². The van der Waals surface area contributed by atoms with Crippen molar-refractivity contribution in [3.8, 4) is 0 Å². The number of carbonyl (C=O) groups excluding carboxylic acids is 1. The first-order valence-electron chi connectivity index (χ1n) is 9.08. The van der Waals surface area contributed by atoms with Gasteiger partial charge in [-0.15, -0.1) is 0 Å². The molecule has 1 amide bonds. The number of likely N-dealkylation sites (tertiary alicyclic amines) is 1. The first kappa shape index (κ1) is 16.1. The summed E-state index contributed by atoms with van der Waals surface area (Å²) in [5.41, 5.74) is 1.07. The summed E-state index contributed by atoms with van der Waals surface area (Å²) < 4.78 is 0. The third-order valence-electron chi connectivity index (χ3n) is 5.48. The molecule has 5 heteroatoms. The van der Waals surface area contributed by atoms with E-state index in [1.165, 1.54) is 12.8 Å². The van der Waals surface area contributed by atoms with Crippen LogP contribution in [0.25, 0.3) is 0 Å². The molecule has 5 nitrogen and oxygen atoms in total. The summed E-state index contributed by atoms with van der Waals surface area (Å²) in [6.07, 6.45) is 7.46. The van der Waals surface area contributed by atoms with Gasteiger partial charge in [0.1, 0.15) is 5.82 Å². The molecule has 0 aromatic carbocycles. The fraction of sp³-hybridized carbons (Fsp3) is 0.450. The first-order valence-corrected chi connectivity index (χ1v) is 9.08. The van der Waals surface area contributed by atoms with Crippen molar-refractivity contribution in [2.75, 3.05) is 31.1 Å². The van der Waals surface area contributed by atoms with Crippen LogP contribution in [0.3, 0.4) is 0 Å². The lowest BCUT2D eigenvalue weighted by atomic mass is 9.79. The average molecular weight is 336 g/mol. The van der Waals surface area contributed by atoms with Gasteiger partial charge in [0.2, 0.25) is 5.91 Å². The van der Waals surface area contributed by atoms with E-state index in [-0.39, 0.29) is 11.3 Å². The van der Waals surface area contributed by atoms with Crippen molar-refractivity contribution < 1.29 is 4.79 Å². The molecule has 0 aliphatic carbocycles. The lowest BCUT2D eigenvalue weighted by molar-refractivity contribution is -0.129. The van der Waals surface area contributed by atoms with Gasteiger partial charge in [0.05, 0.1) is 6.42 Å². The maximum atomic E-state index is 12.7. The predicted molar refractivity (Wildman–Crippen MR) is 97.3 cm³/mol. The van der Waals surface area contributed by atoms with Gasteiger partial charge >= 0.3 is 0 Å². The number of carbonyl (C=O) groups is 1. The Hall–Kier alpha value is -2.43. The van der Waals surface area contributed by atoms with Crippen LogP contribution in [0.1, 0.15) is 25.0 Å². The molecule has 2 aromatic rings. The van der Waals surface area contributed by atoms with Gasteiger partial charge in [-0.1, -0.05) is 12.1 Å². The molecule has 25 heavy (non-hydrogen) atoms. The van der Waals surface area contributed by atoms with Crippen molar-refractivity contribution in [1.82, 2.24) is 14.9 Å². The molecular formula is C20H24N4O. The van der Waals surface area contributed by atoms with Crippen LogP contribution in [-0.4, -0.2) is 47.0 Å². The van der Waals surface area contributed by atoms with E-state index in [0.29, 0.717) is 6.42 Å². The minimum Gasteiger partial charge on any atom is -0.356 e. The third kappa shape index (κ3) is 3.50. The van der Waals surface area contributed by atoms with Crippen molar-refractivity contribution in [2.45, 2.75) is 25.7 Å². The summed E-state index contributed by atoms with van der Waals surface area (Å²) in [5.74, 6) is 1.25. The second-order valence-corrected chi connectivity index (χ2v) is 7.28. The minimum atomic E-state index is 0.200. The van der Waals surface area contributed by atoms with E-state index in [4.69, 9.17) is 0 Å². The Balaban J connectivity index is 1.41. The Morgan fingerprint density at radius 1 is 1.00 bits per heavy atom. The van der Waals surface area contributed by atoms with Crippen molar-refractivity contribution in [2.24, 2.45) is 5.41 Å². The van der Waals surface area contributed by atoms with Gasteiger partial charge in [-0.3, -0.25) is 9.78 Å². The number of hydrogen-bond acceptors (Lipinski definition) is 4. The molecule has 0 bridgehead atoms. The summed E-state index contributed by atoms with van der Waals surface area (Å²) in [6, 6.07) is 11.8. The number of piperidine rings is 1. The highest BCUT2D eigenvalue weighted by atomic mass is 16.2. The van der Waals surface area contributed by atoms with Gasteiger partial charge in [0.15, 0.2) is 0 Å². The van der Waals surface area contributed by atoms with E-state index in [0.717, 1.165) is 44.1 Å². The fourth-order valence-electron chi connectivity index (χ4n) is 4.19. The Labute approximate surface area is 148 Å². The second-order valence-electron chi connectivity index (χ2n) is 7.28. The number of amides is 1. The number of pyridine rings is 2. The maximum Gasteiger partial charge on any atom is 0.228 e. The van der Waals surface area contributed by atoms with E-state index in [1.54, 1.807) is 6.20 Å². The topological polar surface area (TPSA) is 49.3 Å². The van der Waals surface area contributed by atoms with E-state index >= 15 is 0 Å². The Kier molecular flexibility index (Phi) is 4.38. The molecule has 2 fully saturated rings. The van der Waals surface area contributed by atoms with E-state index < -0.39 is 0 Å². The van der Waals surface area contributed by atoms with Crippen LogP contribution in [0.4, 0.5) is 5.82 Å². The Morgan fingerprint density at radius 3 is 2.60 bits per heavy atom. The van der Waals surface area contributed by atoms with Crippen LogP contribution < -0.4 is 4.90 Å². The zero-order valence-electron chi connectivity index (χ0n) is 14.5. The fourth-order valence-corrected chi connectivity index (χ4v) is 4.19. The van der Waals surface area contributed by atoms with Gasteiger partial charge < -0.3 is 9.80 Å². The van der Waals surface area contributed by atoms with Crippen LogP contribution >= 0.6 is 0 Å². The lowest BCUT2D eigenvalue weighted by Crippen LogP contribution is -2.45. The largest absolute Gasteiger partial charge is 0.356 e. The molecule has 0 saturated carbocycles. The molecule has 0 N–H and O–H groups in total. The van der Waals surface area contributed by atoms with E-state index in [1.807, 2.05) is 41.4 Å². The summed E-state index contributed by atoms with van der Waals surface area (Å²) in [5, 5.41) is 0. The molecule has 1 atom stereocenters. The highest BCUT2D eigenvalue weighted by Gasteiger charge is 2.42. The number of aromatic nitrogens is 2. The zero-order chi connectivity index (χ0) is 17.1. The highest BCUT2D eigenvalue weighted by Crippen LogP contribution is 2.40. The van der Waals surface area contributed by atoms with Crippen LogP contribution in [0.5, 0.6) is 0 Å². The Bertz CT molecular complexity index is 721. The number of nitrogens with zero attached hydrogens (tertiary/aromatic N) is 4. The smallest absolute Gasteiger partial charge is 0.228 e. The molecule has 1 spiro atoms. The molecule has 0 unspecified atom stereocenters. The average Bonchev–Trinajstić information content (AvgIpc) is 3.07. The molecule has 2 aliphatic heterocycles. The highest BCUT2D eigenvalue weighted by molar-refractivity contribution is 5.78. The number of rotatable bonds is 3. The van der Waals surface area contributed by atoms with Crippen molar-refractivity contribution >= 4 is 11.7 Å². The molecule has 4 rings (SSSR count). The monoisotopic (exact) mass is 336 g/mol. The summed E-state index contributed by atoms with van der Waals surface area (Å²) in [7, 11) is 0. The van der Waals surface area contributed by atoms with Crippen molar-refractivity contribution in [3.63, 3.8) is 0 Å². The minimum absolute atomic E-state index is 0.200. The maximum absolute atomic E-state index is 12.7. The zero-order valence-corrected chi connectivity index (χ0v) is 14.5. The standard InChI is InChI=1S/C20H24N4O/c25-19(14-17-6-1-3-10-21-17)24-13-9-20(16-24)8-5-12-23(15-20)18-7-2-4-11-22-18/h1-4,6-7,10-11H,5,8-9,12-16H2/t20-/m1/s1. The van der Waals surface area contributed by atoms with Crippen molar-refractivity contribution in [1.29, 1.82) is 0 Å². The molecule has 2 aliphatic rings. The third-order valence-corrected chi connectivity index (χ3v) is 5.48. The van der Waals surface area contributed by atoms with Crippen LogP contribution in [-0.2, 0) is 11.2 Å². The quantitative estimate of drug-likeness (QED) is 0.864. The summed E-state index contributed by atoms with van der Waals surface area (Å²) >= 11 is 0. The molecule has 2 aromatic heterocycles. The van der Waals surface area contributed by atoms with Gasteiger partial charge in [-0.05, 0) is 43.5 Å². The Morgan fingerprint density at radius 2 is 1.84 bits per heavy atom. The second kappa shape index (κ2) is 6.82. The van der Waals surface area contributed by atoms with Crippen molar-refractivity contribution in [3.05, 3.63) is 54.5 Å². The molecule has 130 valence electrons. The normalized spacial score (nSPS) is 23.2. The SMILES string of the molecule is O=C(Cc1ccccn1)N1CC[C@@]2(CCCN(c3ccccn3)C2)C1. The van der Waals surface area contributed by atoms with Crippen LogP contribution in [0, 0.1) is 5.41 Å². The van der Waals surface area contributed by atoms with Gasteiger partial charge in [0.25, 0.3) is 0 Å². The van der Waals surface area contributed by atoms with E-state index in [2.05, 4.69) is 20.9 Å². The molecular weight excluding hydrogens is 312 g/mol. The molecule has 0 radical (unpaired) electrons. The van der Waals surface area contributed by atoms with Gasteiger partial charge in [-0.2, -0.15) is 0 Å². The van der Waals surface area contributed by atoms with E-state index in [9.17, 15) is 4.79 Å². The number of anilines is 1. The van der Waals surface area contributed by atoms with Gasteiger partial charge in [-0.25, -0.2) is 4.98 Å². The summed E-state index contributed by atoms with van der Waals surface area (Å²) in [4.78, 5) is 25.9.